The molecule has 1 atom stereocenters. The van der Waals surface area contributed by atoms with Gasteiger partial charge in [0.2, 0.25) is 0 Å². The number of nitrogens with one attached hydrogen (secondary N) is 1. The zero-order valence-electron chi connectivity index (χ0n) is 11.4. The topological polar surface area (TPSA) is 75.3 Å². The fraction of sp³-hybridized carbons (Fsp3) is 0.533. The third-order valence-corrected chi connectivity index (χ3v) is 3.99. The lowest BCUT2D eigenvalue weighted by Crippen LogP contribution is -2.45. The van der Waals surface area contributed by atoms with Crippen LogP contribution in [0.25, 0.3) is 0 Å². The van der Waals surface area contributed by atoms with Crippen molar-refractivity contribution in [3.8, 4) is 5.75 Å². The van der Waals surface area contributed by atoms with Gasteiger partial charge in [0.1, 0.15) is 11.6 Å². The highest BCUT2D eigenvalue weighted by Gasteiger charge is 2.25. The SMILES string of the molecule is NCC(NC(=O)c1cc(F)ccc1O)C1CCCCC1. The second-order valence-electron chi connectivity index (χ2n) is 5.38. The van der Waals surface area contributed by atoms with E-state index in [1.54, 1.807) is 0 Å². The first-order valence-electron chi connectivity index (χ1n) is 7.11. The standard InChI is InChI=1S/C15H21FN2O2/c16-11-6-7-14(19)12(8-11)15(20)18-13(9-17)10-4-2-1-3-5-10/h6-8,10,13,19H,1-5,9,17H2,(H,18,20). The van der Waals surface area contributed by atoms with E-state index in [2.05, 4.69) is 5.32 Å². The molecular formula is C15H21FN2O2. The van der Waals surface area contributed by atoms with E-state index in [1.165, 1.54) is 12.5 Å². The average molecular weight is 280 g/mol. The quantitative estimate of drug-likeness (QED) is 0.791. The molecule has 0 bridgehead atoms. The summed E-state index contributed by atoms with van der Waals surface area (Å²) >= 11 is 0. The average Bonchev–Trinajstić information content (AvgIpc) is 2.48. The lowest BCUT2D eigenvalue weighted by atomic mass is 9.84. The van der Waals surface area contributed by atoms with Crippen LogP contribution in [-0.2, 0) is 0 Å². The van der Waals surface area contributed by atoms with E-state index in [-0.39, 0.29) is 17.4 Å². The maximum Gasteiger partial charge on any atom is 0.255 e. The summed E-state index contributed by atoms with van der Waals surface area (Å²) in [5.41, 5.74) is 5.70. The Bertz CT molecular complexity index is 473. The van der Waals surface area contributed by atoms with E-state index in [4.69, 9.17) is 5.73 Å². The van der Waals surface area contributed by atoms with Crippen LogP contribution in [0.3, 0.4) is 0 Å². The Labute approximate surface area is 118 Å². The van der Waals surface area contributed by atoms with Gasteiger partial charge >= 0.3 is 0 Å². The molecule has 1 aliphatic carbocycles. The van der Waals surface area contributed by atoms with Gasteiger partial charge in [-0.05, 0) is 37.0 Å². The highest BCUT2D eigenvalue weighted by molar-refractivity contribution is 5.97. The largest absolute Gasteiger partial charge is 0.507 e. The highest BCUT2D eigenvalue weighted by atomic mass is 19.1. The molecule has 0 heterocycles. The zero-order valence-corrected chi connectivity index (χ0v) is 11.4. The number of carbonyl (C=O) groups excluding carboxylic acids is 1. The van der Waals surface area contributed by atoms with E-state index in [1.807, 2.05) is 0 Å². The number of halogens is 1. The van der Waals surface area contributed by atoms with Crippen molar-refractivity contribution in [1.29, 1.82) is 0 Å². The van der Waals surface area contributed by atoms with Crippen LogP contribution in [-0.4, -0.2) is 23.6 Å². The number of carbonyl (C=O) groups is 1. The van der Waals surface area contributed by atoms with Crippen molar-refractivity contribution < 1.29 is 14.3 Å². The summed E-state index contributed by atoms with van der Waals surface area (Å²) in [6.45, 7) is 0.354. The number of phenolic OH excluding ortho intramolecular Hbond substituents is 1. The summed E-state index contributed by atoms with van der Waals surface area (Å²) in [4.78, 5) is 12.1. The lowest BCUT2D eigenvalue weighted by Gasteiger charge is -2.30. The Hall–Kier alpha value is -1.62. The van der Waals surface area contributed by atoms with Gasteiger partial charge in [-0.1, -0.05) is 19.3 Å². The van der Waals surface area contributed by atoms with Crippen LogP contribution in [0.1, 0.15) is 42.5 Å². The second-order valence-corrected chi connectivity index (χ2v) is 5.38. The highest BCUT2D eigenvalue weighted by Crippen LogP contribution is 2.26. The van der Waals surface area contributed by atoms with Crippen LogP contribution < -0.4 is 11.1 Å². The fourth-order valence-corrected chi connectivity index (χ4v) is 2.84. The van der Waals surface area contributed by atoms with Crippen molar-refractivity contribution in [3.63, 3.8) is 0 Å². The summed E-state index contributed by atoms with van der Waals surface area (Å²) in [6.07, 6.45) is 5.64. The van der Waals surface area contributed by atoms with Crippen LogP contribution >= 0.6 is 0 Å². The number of aromatic hydroxyl groups is 1. The Balaban J connectivity index is 2.06. The number of phenols is 1. The summed E-state index contributed by atoms with van der Waals surface area (Å²) in [5.74, 6) is -0.866. The fourth-order valence-electron chi connectivity index (χ4n) is 2.84. The summed E-state index contributed by atoms with van der Waals surface area (Å²) in [6, 6.07) is 3.22. The molecule has 4 nitrogen and oxygen atoms in total. The molecule has 1 aliphatic rings. The van der Waals surface area contributed by atoms with Crippen molar-refractivity contribution in [3.05, 3.63) is 29.6 Å². The molecule has 0 radical (unpaired) electrons. The first-order valence-corrected chi connectivity index (χ1v) is 7.11. The van der Waals surface area contributed by atoms with Crippen molar-refractivity contribution >= 4 is 5.91 Å². The minimum absolute atomic E-state index is 0.0424. The van der Waals surface area contributed by atoms with Crippen molar-refractivity contribution in [2.75, 3.05) is 6.54 Å². The molecule has 110 valence electrons. The van der Waals surface area contributed by atoms with E-state index in [0.717, 1.165) is 37.8 Å². The van der Waals surface area contributed by atoms with Gasteiger partial charge in [-0.25, -0.2) is 4.39 Å². The molecule has 1 aromatic carbocycles. The van der Waals surface area contributed by atoms with Gasteiger partial charge in [0.15, 0.2) is 0 Å². The van der Waals surface area contributed by atoms with Crippen LogP contribution in [0.15, 0.2) is 18.2 Å². The molecular weight excluding hydrogens is 259 g/mol. The normalized spacial score (nSPS) is 17.7. The van der Waals surface area contributed by atoms with E-state index in [0.29, 0.717) is 12.5 Å². The maximum atomic E-state index is 13.2. The van der Waals surface area contributed by atoms with Gasteiger partial charge in [0.05, 0.1) is 5.56 Å². The number of benzene rings is 1. The number of hydrogen-bond donors (Lipinski definition) is 3. The molecule has 1 unspecified atom stereocenters. The third-order valence-electron chi connectivity index (χ3n) is 3.99. The molecule has 5 heteroatoms. The zero-order chi connectivity index (χ0) is 14.5. The monoisotopic (exact) mass is 280 g/mol. The Kier molecular flexibility index (Phi) is 4.95. The molecule has 0 aromatic heterocycles. The van der Waals surface area contributed by atoms with Gasteiger partial charge < -0.3 is 16.2 Å². The summed E-state index contributed by atoms with van der Waals surface area (Å²) in [7, 11) is 0. The molecule has 0 saturated heterocycles. The van der Waals surface area contributed by atoms with Crippen molar-refractivity contribution in [2.45, 2.75) is 38.1 Å². The minimum Gasteiger partial charge on any atom is -0.507 e. The number of amides is 1. The smallest absolute Gasteiger partial charge is 0.255 e. The molecule has 1 amide bonds. The maximum absolute atomic E-state index is 13.2. The molecule has 0 aliphatic heterocycles. The summed E-state index contributed by atoms with van der Waals surface area (Å²) in [5, 5.41) is 12.5. The van der Waals surface area contributed by atoms with Gasteiger partial charge in [-0.3, -0.25) is 4.79 Å². The Morgan fingerprint density at radius 3 is 2.75 bits per heavy atom. The van der Waals surface area contributed by atoms with E-state index >= 15 is 0 Å². The predicted molar refractivity (Wildman–Crippen MR) is 74.9 cm³/mol. The molecule has 1 saturated carbocycles. The molecule has 0 spiro atoms. The first kappa shape index (κ1) is 14.8. The summed E-state index contributed by atoms with van der Waals surface area (Å²) < 4.78 is 13.2. The minimum atomic E-state index is -0.546. The second kappa shape index (κ2) is 6.70. The molecule has 2 rings (SSSR count). The number of nitrogens with two attached hydrogens (primary N) is 1. The number of hydrogen-bond acceptors (Lipinski definition) is 3. The van der Waals surface area contributed by atoms with Crippen molar-refractivity contribution in [2.24, 2.45) is 11.7 Å². The number of rotatable bonds is 4. The Morgan fingerprint density at radius 2 is 2.10 bits per heavy atom. The van der Waals surface area contributed by atoms with Crippen LogP contribution in [0, 0.1) is 11.7 Å². The van der Waals surface area contributed by atoms with Crippen LogP contribution in [0.2, 0.25) is 0 Å². The van der Waals surface area contributed by atoms with Crippen LogP contribution in [0.4, 0.5) is 4.39 Å². The van der Waals surface area contributed by atoms with E-state index in [9.17, 15) is 14.3 Å². The third kappa shape index (κ3) is 3.48. The lowest BCUT2D eigenvalue weighted by molar-refractivity contribution is 0.0912. The van der Waals surface area contributed by atoms with Gasteiger partial charge in [-0.15, -0.1) is 0 Å². The predicted octanol–water partition coefficient (Wildman–Crippen LogP) is 2.17. The molecule has 20 heavy (non-hydrogen) atoms. The molecule has 1 aromatic rings. The Morgan fingerprint density at radius 1 is 1.40 bits per heavy atom. The molecule has 1 fully saturated rings. The van der Waals surface area contributed by atoms with Gasteiger partial charge in [0, 0.05) is 12.6 Å². The van der Waals surface area contributed by atoms with Gasteiger partial charge in [0.25, 0.3) is 5.91 Å². The molecule has 4 N–H and O–H groups in total. The van der Waals surface area contributed by atoms with E-state index < -0.39 is 11.7 Å². The van der Waals surface area contributed by atoms with Crippen molar-refractivity contribution in [1.82, 2.24) is 5.32 Å². The van der Waals surface area contributed by atoms with Crippen LogP contribution in [0.5, 0.6) is 5.75 Å². The van der Waals surface area contributed by atoms with Gasteiger partial charge in [-0.2, -0.15) is 0 Å². The first-order chi connectivity index (χ1) is 9.61.